The first-order valence-corrected chi connectivity index (χ1v) is 8.55. The topological polar surface area (TPSA) is 17.1 Å². The summed E-state index contributed by atoms with van der Waals surface area (Å²) in [5, 5.41) is 0. The molecule has 0 aromatic rings. The molecular weight excluding hydrogens is 232 g/mol. The summed E-state index contributed by atoms with van der Waals surface area (Å²) in [6, 6.07) is 0. The quantitative estimate of drug-likeness (QED) is 0.285. The van der Waals surface area contributed by atoms with Crippen molar-refractivity contribution in [1.29, 1.82) is 0 Å². The largest absolute Gasteiger partial charge is 0.299 e. The molecule has 0 unspecified atom stereocenters. The zero-order valence-corrected chi connectivity index (χ0v) is 12.8. The molecule has 0 atom stereocenters. The lowest BCUT2D eigenvalue weighted by Gasteiger charge is -2.02. The van der Waals surface area contributed by atoms with Crippen molar-refractivity contribution in [2.75, 3.05) is 0 Å². The number of carbonyl (C=O) groups excluding carboxylic acids is 1. The molecule has 1 heteroatoms. The van der Waals surface area contributed by atoms with Gasteiger partial charge in [0, 0.05) is 6.42 Å². The van der Waals surface area contributed by atoms with E-state index < -0.39 is 0 Å². The van der Waals surface area contributed by atoms with Crippen molar-refractivity contribution in [2.24, 2.45) is 5.92 Å². The van der Waals surface area contributed by atoms with Gasteiger partial charge in [-0.15, -0.1) is 0 Å². The van der Waals surface area contributed by atoms with Crippen LogP contribution in [0.5, 0.6) is 0 Å². The van der Waals surface area contributed by atoms with Gasteiger partial charge in [-0.05, 0) is 6.42 Å². The Kier molecular flexibility index (Phi) is 9.75. The highest BCUT2D eigenvalue weighted by molar-refractivity contribution is 5.87. The van der Waals surface area contributed by atoms with Gasteiger partial charge in [0.2, 0.25) is 0 Å². The SMILES string of the molecule is CCCCCCCCCCCCCCC(=O)C1C=C1. The van der Waals surface area contributed by atoms with Crippen LogP contribution in [0.4, 0.5) is 0 Å². The summed E-state index contributed by atoms with van der Waals surface area (Å²) in [7, 11) is 0. The van der Waals surface area contributed by atoms with E-state index in [0.29, 0.717) is 5.78 Å². The second kappa shape index (κ2) is 11.3. The molecule has 0 saturated carbocycles. The molecule has 0 N–H and O–H groups in total. The lowest BCUT2D eigenvalue weighted by molar-refractivity contribution is -0.119. The first-order valence-electron chi connectivity index (χ1n) is 8.55. The summed E-state index contributed by atoms with van der Waals surface area (Å²) in [5.74, 6) is 0.666. The summed E-state index contributed by atoms with van der Waals surface area (Å²) in [6.07, 6.45) is 21.1. The minimum atomic E-state index is 0.229. The average molecular weight is 264 g/mol. The van der Waals surface area contributed by atoms with Crippen LogP contribution in [0.15, 0.2) is 12.2 Å². The Morgan fingerprint density at radius 1 is 0.737 bits per heavy atom. The van der Waals surface area contributed by atoms with Gasteiger partial charge in [-0.3, -0.25) is 4.79 Å². The molecule has 0 radical (unpaired) electrons. The molecule has 0 heterocycles. The number of hydrogen-bond acceptors (Lipinski definition) is 1. The van der Waals surface area contributed by atoms with E-state index in [1.807, 2.05) is 12.2 Å². The van der Waals surface area contributed by atoms with E-state index in [9.17, 15) is 4.79 Å². The van der Waals surface area contributed by atoms with Gasteiger partial charge in [0.25, 0.3) is 0 Å². The van der Waals surface area contributed by atoms with Gasteiger partial charge in [-0.2, -0.15) is 0 Å². The molecule has 110 valence electrons. The molecular formula is C18H32O. The van der Waals surface area contributed by atoms with E-state index in [-0.39, 0.29) is 5.92 Å². The Hall–Kier alpha value is -0.590. The van der Waals surface area contributed by atoms with E-state index in [1.165, 1.54) is 70.6 Å². The van der Waals surface area contributed by atoms with Crippen molar-refractivity contribution in [3.63, 3.8) is 0 Å². The molecule has 1 rings (SSSR count). The highest BCUT2D eigenvalue weighted by Crippen LogP contribution is 2.20. The third-order valence-electron chi connectivity index (χ3n) is 4.03. The van der Waals surface area contributed by atoms with Crippen LogP contribution in [0.2, 0.25) is 0 Å². The molecule has 0 fully saturated rings. The lowest BCUT2D eigenvalue weighted by Crippen LogP contribution is -2.00. The number of carbonyl (C=O) groups is 1. The number of unbranched alkanes of at least 4 members (excludes halogenated alkanes) is 11. The molecule has 0 aliphatic heterocycles. The minimum Gasteiger partial charge on any atom is -0.299 e. The van der Waals surface area contributed by atoms with Gasteiger partial charge < -0.3 is 0 Å². The number of allylic oxidation sites excluding steroid dienone is 2. The molecule has 0 saturated heterocycles. The standard InChI is InChI=1S/C18H32O/c1-2-3-4-5-6-7-8-9-10-11-12-13-14-18(19)17-15-16-17/h15-17H,2-14H2,1H3. The Morgan fingerprint density at radius 3 is 1.58 bits per heavy atom. The van der Waals surface area contributed by atoms with E-state index in [1.54, 1.807) is 0 Å². The van der Waals surface area contributed by atoms with Crippen LogP contribution in [-0.2, 0) is 4.79 Å². The Bertz CT molecular complexity index is 248. The van der Waals surface area contributed by atoms with Crippen LogP contribution in [0, 0.1) is 5.92 Å². The van der Waals surface area contributed by atoms with E-state index in [2.05, 4.69) is 6.92 Å². The predicted molar refractivity (Wildman–Crippen MR) is 83.3 cm³/mol. The van der Waals surface area contributed by atoms with Crippen molar-refractivity contribution >= 4 is 5.78 Å². The summed E-state index contributed by atoms with van der Waals surface area (Å²) < 4.78 is 0. The van der Waals surface area contributed by atoms with Crippen molar-refractivity contribution < 1.29 is 4.79 Å². The fourth-order valence-electron chi connectivity index (χ4n) is 2.58. The fraction of sp³-hybridized carbons (Fsp3) is 0.833. The van der Waals surface area contributed by atoms with Crippen LogP contribution >= 0.6 is 0 Å². The van der Waals surface area contributed by atoms with Crippen LogP contribution in [-0.4, -0.2) is 5.78 Å². The summed E-state index contributed by atoms with van der Waals surface area (Å²) in [4.78, 5) is 11.4. The van der Waals surface area contributed by atoms with E-state index in [0.717, 1.165) is 12.8 Å². The number of Topliss-reactive ketones (excluding diaryl/α,β-unsaturated/α-hetero) is 1. The highest BCUT2D eigenvalue weighted by atomic mass is 16.1. The first-order chi connectivity index (χ1) is 9.34. The molecule has 1 nitrogen and oxygen atoms in total. The normalized spacial score (nSPS) is 13.9. The average Bonchev–Trinajstić information content (AvgIpc) is 3.24. The molecule has 0 bridgehead atoms. The maximum absolute atomic E-state index is 11.4. The van der Waals surface area contributed by atoms with Crippen LogP contribution < -0.4 is 0 Å². The summed E-state index contributed by atoms with van der Waals surface area (Å²) in [5.41, 5.74) is 0. The molecule has 0 aromatic heterocycles. The number of rotatable bonds is 14. The van der Waals surface area contributed by atoms with Crippen LogP contribution in [0.1, 0.15) is 90.4 Å². The summed E-state index contributed by atoms with van der Waals surface area (Å²) >= 11 is 0. The first kappa shape index (κ1) is 16.5. The molecule has 19 heavy (non-hydrogen) atoms. The van der Waals surface area contributed by atoms with E-state index >= 15 is 0 Å². The monoisotopic (exact) mass is 264 g/mol. The number of hydrogen-bond donors (Lipinski definition) is 0. The van der Waals surface area contributed by atoms with Crippen molar-refractivity contribution in [3.8, 4) is 0 Å². The van der Waals surface area contributed by atoms with Gasteiger partial charge in [-0.25, -0.2) is 0 Å². The third-order valence-corrected chi connectivity index (χ3v) is 4.03. The Labute approximate surface area is 119 Å². The Morgan fingerprint density at radius 2 is 1.16 bits per heavy atom. The summed E-state index contributed by atoms with van der Waals surface area (Å²) in [6.45, 7) is 2.27. The Balaban J connectivity index is 1.68. The highest BCUT2D eigenvalue weighted by Gasteiger charge is 2.19. The minimum absolute atomic E-state index is 0.229. The zero-order chi connectivity index (χ0) is 13.8. The maximum Gasteiger partial charge on any atom is 0.143 e. The zero-order valence-electron chi connectivity index (χ0n) is 12.8. The van der Waals surface area contributed by atoms with Gasteiger partial charge in [0.15, 0.2) is 0 Å². The second-order valence-corrected chi connectivity index (χ2v) is 6.02. The van der Waals surface area contributed by atoms with Gasteiger partial charge in [0.05, 0.1) is 5.92 Å². The predicted octanol–water partition coefficient (Wildman–Crippen LogP) is 5.83. The smallest absolute Gasteiger partial charge is 0.143 e. The molecule has 0 spiro atoms. The van der Waals surface area contributed by atoms with Crippen molar-refractivity contribution in [2.45, 2.75) is 90.4 Å². The number of ketones is 1. The molecule has 1 aliphatic carbocycles. The second-order valence-electron chi connectivity index (χ2n) is 6.02. The van der Waals surface area contributed by atoms with Crippen molar-refractivity contribution in [1.82, 2.24) is 0 Å². The fourth-order valence-corrected chi connectivity index (χ4v) is 2.58. The molecule has 1 aliphatic rings. The van der Waals surface area contributed by atoms with Crippen LogP contribution in [0.3, 0.4) is 0 Å². The lowest BCUT2D eigenvalue weighted by atomic mass is 10.0. The van der Waals surface area contributed by atoms with Gasteiger partial charge in [-0.1, -0.05) is 89.7 Å². The van der Waals surface area contributed by atoms with Crippen molar-refractivity contribution in [3.05, 3.63) is 12.2 Å². The van der Waals surface area contributed by atoms with Crippen LogP contribution in [0.25, 0.3) is 0 Å². The molecule has 0 amide bonds. The van der Waals surface area contributed by atoms with Gasteiger partial charge >= 0.3 is 0 Å². The molecule has 0 aromatic carbocycles. The third kappa shape index (κ3) is 9.92. The maximum atomic E-state index is 11.4. The van der Waals surface area contributed by atoms with E-state index in [4.69, 9.17) is 0 Å². The van der Waals surface area contributed by atoms with Gasteiger partial charge in [0.1, 0.15) is 5.78 Å².